The van der Waals surface area contributed by atoms with Crippen LogP contribution in [0, 0.1) is 0 Å². The molecule has 6 heteroatoms. The molecule has 1 saturated carbocycles. The third kappa shape index (κ3) is 3.61. The highest BCUT2D eigenvalue weighted by atomic mass is 35.5. The van der Waals surface area contributed by atoms with Gasteiger partial charge in [-0.3, -0.25) is 0 Å². The van der Waals surface area contributed by atoms with Gasteiger partial charge in [0.15, 0.2) is 5.82 Å². The van der Waals surface area contributed by atoms with Crippen molar-refractivity contribution in [2.24, 2.45) is 5.73 Å². The lowest BCUT2D eigenvalue weighted by atomic mass is 9.96. The first-order valence-corrected chi connectivity index (χ1v) is 7.53. The van der Waals surface area contributed by atoms with E-state index in [2.05, 4.69) is 10.1 Å². The Kier molecular flexibility index (Phi) is 4.53. The van der Waals surface area contributed by atoms with Crippen LogP contribution in [-0.4, -0.2) is 22.9 Å². The van der Waals surface area contributed by atoms with Crippen LogP contribution in [0.15, 0.2) is 28.8 Å². The van der Waals surface area contributed by atoms with Crippen molar-refractivity contribution in [3.63, 3.8) is 0 Å². The first-order chi connectivity index (χ1) is 10.2. The summed E-state index contributed by atoms with van der Waals surface area (Å²) in [5.41, 5.74) is 6.98. The largest absolute Gasteiger partial charge is 0.376 e. The van der Waals surface area contributed by atoms with Crippen LogP contribution in [-0.2, 0) is 11.2 Å². The van der Waals surface area contributed by atoms with E-state index < -0.39 is 0 Å². The Hall–Kier alpha value is -1.43. The van der Waals surface area contributed by atoms with E-state index >= 15 is 0 Å². The lowest BCUT2D eigenvalue weighted by Crippen LogP contribution is -2.27. The molecule has 0 amide bonds. The average Bonchev–Trinajstić information content (AvgIpc) is 2.88. The lowest BCUT2D eigenvalue weighted by Gasteiger charge is -2.26. The summed E-state index contributed by atoms with van der Waals surface area (Å²) in [5, 5.41) is 4.62. The topological polar surface area (TPSA) is 74.2 Å². The van der Waals surface area contributed by atoms with Gasteiger partial charge in [-0.25, -0.2) is 0 Å². The molecule has 1 aliphatic rings. The first kappa shape index (κ1) is 14.5. The number of hydrogen-bond donors (Lipinski definition) is 1. The van der Waals surface area contributed by atoms with Crippen molar-refractivity contribution in [3.05, 3.63) is 46.6 Å². The van der Waals surface area contributed by atoms with Gasteiger partial charge in [-0.05, 0) is 30.9 Å². The number of ether oxygens (including phenoxy) is 1. The van der Waals surface area contributed by atoms with Crippen molar-refractivity contribution >= 4 is 11.6 Å². The zero-order chi connectivity index (χ0) is 14.7. The molecule has 0 aliphatic heterocycles. The van der Waals surface area contributed by atoms with Crippen LogP contribution in [0.3, 0.4) is 0 Å². The molecule has 2 aromatic rings. The highest BCUT2D eigenvalue weighted by molar-refractivity contribution is 6.31. The van der Waals surface area contributed by atoms with Crippen LogP contribution in [0.4, 0.5) is 0 Å². The van der Waals surface area contributed by atoms with Gasteiger partial charge in [0.05, 0.1) is 25.2 Å². The summed E-state index contributed by atoms with van der Waals surface area (Å²) in [5.74, 6) is 0.994. The Morgan fingerprint density at radius 1 is 1.38 bits per heavy atom. The molecule has 2 N–H and O–H groups in total. The van der Waals surface area contributed by atoms with Crippen molar-refractivity contribution in [2.45, 2.75) is 37.8 Å². The number of nitrogens with two attached hydrogens (primary N) is 1. The molecule has 112 valence electrons. The second kappa shape index (κ2) is 6.56. The van der Waals surface area contributed by atoms with Crippen molar-refractivity contribution < 1.29 is 9.26 Å². The highest BCUT2D eigenvalue weighted by Gasteiger charge is 2.21. The number of benzene rings is 1. The minimum absolute atomic E-state index is 0.352. The summed E-state index contributed by atoms with van der Waals surface area (Å²) in [7, 11) is 0. The molecule has 21 heavy (non-hydrogen) atoms. The minimum Gasteiger partial charge on any atom is -0.376 e. The van der Waals surface area contributed by atoms with Gasteiger partial charge < -0.3 is 15.0 Å². The molecular weight excluding hydrogens is 290 g/mol. The van der Waals surface area contributed by atoms with Gasteiger partial charge in [-0.2, -0.15) is 4.98 Å². The van der Waals surface area contributed by atoms with Gasteiger partial charge in [0.1, 0.15) is 0 Å². The molecule has 1 unspecified atom stereocenters. The molecule has 5 nitrogen and oxygen atoms in total. The molecule has 1 aromatic carbocycles. The molecule has 0 radical (unpaired) electrons. The maximum atomic E-state index is 6.12. The number of rotatable bonds is 6. The van der Waals surface area contributed by atoms with Gasteiger partial charge in [0.2, 0.25) is 5.89 Å². The van der Waals surface area contributed by atoms with Crippen molar-refractivity contribution in [3.8, 4) is 0 Å². The third-order valence-electron chi connectivity index (χ3n) is 3.68. The Labute approximate surface area is 128 Å². The van der Waals surface area contributed by atoms with E-state index in [1.165, 1.54) is 6.42 Å². The van der Waals surface area contributed by atoms with Gasteiger partial charge in [-0.1, -0.05) is 35.0 Å². The maximum absolute atomic E-state index is 6.12. The fourth-order valence-electron chi connectivity index (χ4n) is 2.15. The Bertz CT molecular complexity index is 598. The quantitative estimate of drug-likeness (QED) is 0.888. The fourth-order valence-corrected chi connectivity index (χ4v) is 2.35. The molecule has 1 heterocycles. The molecule has 1 atom stereocenters. The van der Waals surface area contributed by atoms with E-state index in [4.69, 9.17) is 26.6 Å². The normalized spacial score (nSPS) is 16.7. The van der Waals surface area contributed by atoms with Crippen molar-refractivity contribution in [2.75, 3.05) is 6.61 Å². The molecule has 3 rings (SSSR count). The van der Waals surface area contributed by atoms with E-state index in [0.717, 1.165) is 18.4 Å². The Balaban J connectivity index is 1.58. The summed E-state index contributed by atoms with van der Waals surface area (Å²) in [6, 6.07) is 7.24. The summed E-state index contributed by atoms with van der Waals surface area (Å²) >= 11 is 6.12. The zero-order valence-corrected chi connectivity index (χ0v) is 12.4. The van der Waals surface area contributed by atoms with Gasteiger partial charge >= 0.3 is 0 Å². The number of aromatic nitrogens is 2. The van der Waals surface area contributed by atoms with E-state index in [1.807, 2.05) is 24.3 Å². The standard InChI is InChI=1S/C15H18ClN3O2/c16-12-7-2-1-4-10(12)8-14-18-15(19-21-14)13(17)9-20-11-5-3-6-11/h1-2,4,7,11,13H,3,5-6,8-9,17H2. The van der Waals surface area contributed by atoms with Gasteiger partial charge in [-0.15, -0.1) is 0 Å². The lowest BCUT2D eigenvalue weighted by molar-refractivity contribution is -0.00549. The molecule has 0 bridgehead atoms. The maximum Gasteiger partial charge on any atom is 0.231 e. The van der Waals surface area contributed by atoms with E-state index in [1.54, 1.807) is 0 Å². The third-order valence-corrected chi connectivity index (χ3v) is 4.05. The summed E-state index contributed by atoms with van der Waals surface area (Å²) in [4.78, 5) is 4.33. The van der Waals surface area contributed by atoms with Crippen molar-refractivity contribution in [1.82, 2.24) is 10.1 Å². The smallest absolute Gasteiger partial charge is 0.231 e. The highest BCUT2D eigenvalue weighted by Crippen LogP contribution is 2.23. The minimum atomic E-state index is -0.352. The predicted molar refractivity (Wildman–Crippen MR) is 79.1 cm³/mol. The Morgan fingerprint density at radius 2 is 2.19 bits per heavy atom. The van der Waals surface area contributed by atoms with E-state index in [9.17, 15) is 0 Å². The molecular formula is C15H18ClN3O2. The monoisotopic (exact) mass is 307 g/mol. The van der Waals surface area contributed by atoms with E-state index in [0.29, 0.717) is 35.9 Å². The van der Waals surface area contributed by atoms with Crippen LogP contribution in [0.5, 0.6) is 0 Å². The zero-order valence-electron chi connectivity index (χ0n) is 11.7. The predicted octanol–water partition coefficient (Wildman–Crippen LogP) is 2.88. The van der Waals surface area contributed by atoms with Gasteiger partial charge in [0.25, 0.3) is 0 Å². The summed E-state index contributed by atoms with van der Waals surface area (Å²) in [6.07, 6.45) is 4.34. The van der Waals surface area contributed by atoms with Crippen LogP contribution in [0.2, 0.25) is 5.02 Å². The number of nitrogens with zero attached hydrogens (tertiary/aromatic N) is 2. The van der Waals surface area contributed by atoms with Gasteiger partial charge in [0, 0.05) is 5.02 Å². The summed E-state index contributed by atoms with van der Waals surface area (Å²) < 4.78 is 10.9. The molecule has 1 fully saturated rings. The van der Waals surface area contributed by atoms with Crippen LogP contribution < -0.4 is 5.73 Å². The average molecular weight is 308 g/mol. The van der Waals surface area contributed by atoms with Crippen LogP contribution >= 0.6 is 11.6 Å². The summed E-state index contributed by atoms with van der Waals surface area (Å²) in [6.45, 7) is 0.426. The number of hydrogen-bond acceptors (Lipinski definition) is 5. The Morgan fingerprint density at radius 3 is 2.90 bits per heavy atom. The fraction of sp³-hybridized carbons (Fsp3) is 0.467. The molecule has 0 spiro atoms. The SMILES string of the molecule is NC(COC1CCC1)c1noc(Cc2ccccc2Cl)n1. The molecule has 1 aliphatic carbocycles. The second-order valence-corrected chi connectivity index (χ2v) is 5.71. The van der Waals surface area contributed by atoms with Crippen LogP contribution in [0.25, 0.3) is 0 Å². The second-order valence-electron chi connectivity index (χ2n) is 5.31. The number of halogens is 1. The molecule has 1 aromatic heterocycles. The van der Waals surface area contributed by atoms with Crippen LogP contribution in [0.1, 0.15) is 42.6 Å². The van der Waals surface area contributed by atoms with E-state index in [-0.39, 0.29) is 6.04 Å². The first-order valence-electron chi connectivity index (χ1n) is 7.15. The van der Waals surface area contributed by atoms with Crippen molar-refractivity contribution in [1.29, 1.82) is 0 Å². The molecule has 0 saturated heterocycles.